The van der Waals surface area contributed by atoms with E-state index in [-0.39, 0.29) is 6.61 Å². The maximum atomic E-state index is 8.97. The summed E-state index contributed by atoms with van der Waals surface area (Å²) in [6.07, 6.45) is 1.28. The summed E-state index contributed by atoms with van der Waals surface area (Å²) >= 11 is 0. The van der Waals surface area contributed by atoms with Crippen LogP contribution in [0.2, 0.25) is 0 Å². The molecule has 0 fully saturated rings. The molecule has 0 aliphatic rings. The van der Waals surface area contributed by atoms with Crippen LogP contribution >= 0.6 is 0 Å². The largest absolute Gasteiger partial charge is 0.394 e. The second-order valence-corrected chi connectivity index (χ2v) is 3.26. The van der Waals surface area contributed by atoms with E-state index < -0.39 is 12.2 Å². The molecule has 4 heteroatoms. The normalized spacial score (nSPS) is 15.7. The highest BCUT2D eigenvalue weighted by Crippen LogP contribution is 2.00. The topological polar surface area (TPSA) is 69.9 Å². The van der Waals surface area contributed by atoms with E-state index in [4.69, 9.17) is 20.1 Å². The minimum absolute atomic E-state index is 0.172. The van der Waals surface area contributed by atoms with Gasteiger partial charge in [0.05, 0.1) is 25.4 Å². The third-order valence-electron chi connectivity index (χ3n) is 1.65. The number of aliphatic hydroxyl groups is 3. The van der Waals surface area contributed by atoms with E-state index in [0.717, 1.165) is 12.8 Å². The number of hydrogen-bond acceptors (Lipinski definition) is 4. The zero-order valence-electron chi connectivity index (χ0n) is 8.15. The summed E-state index contributed by atoms with van der Waals surface area (Å²) in [5.41, 5.74) is 0. The number of ether oxygens (including phenoxy) is 1. The molecule has 0 heterocycles. The second-order valence-electron chi connectivity index (χ2n) is 3.26. The Morgan fingerprint density at radius 1 is 1.23 bits per heavy atom. The summed E-state index contributed by atoms with van der Waals surface area (Å²) in [6.45, 7) is 2.47. The van der Waals surface area contributed by atoms with Gasteiger partial charge < -0.3 is 20.1 Å². The van der Waals surface area contributed by atoms with Crippen LogP contribution in [0.3, 0.4) is 0 Å². The standard InChI is InChI=1S/C9H20O4/c1-8(11)7-13-5-3-2-4-9(12)6-10/h8-12H,2-7H2,1H3. The second kappa shape index (κ2) is 8.44. The van der Waals surface area contributed by atoms with Gasteiger partial charge in [0.2, 0.25) is 0 Å². The highest BCUT2D eigenvalue weighted by molar-refractivity contribution is 4.52. The fourth-order valence-corrected chi connectivity index (χ4v) is 0.929. The first-order valence-electron chi connectivity index (χ1n) is 4.71. The zero-order valence-corrected chi connectivity index (χ0v) is 8.15. The smallest absolute Gasteiger partial charge is 0.0771 e. The molecule has 3 N–H and O–H groups in total. The molecule has 0 rings (SSSR count). The summed E-state index contributed by atoms with van der Waals surface area (Å²) in [7, 11) is 0. The molecule has 0 saturated carbocycles. The van der Waals surface area contributed by atoms with Gasteiger partial charge in [-0.1, -0.05) is 0 Å². The van der Waals surface area contributed by atoms with Crippen LogP contribution in [0.1, 0.15) is 26.2 Å². The summed E-state index contributed by atoms with van der Waals surface area (Å²) in [5.74, 6) is 0. The van der Waals surface area contributed by atoms with Crippen LogP contribution in [-0.4, -0.2) is 47.3 Å². The van der Waals surface area contributed by atoms with Crippen molar-refractivity contribution in [2.45, 2.75) is 38.4 Å². The minimum atomic E-state index is -0.600. The molecule has 0 amide bonds. The molecule has 0 aromatic carbocycles. The van der Waals surface area contributed by atoms with E-state index in [1.54, 1.807) is 6.92 Å². The van der Waals surface area contributed by atoms with Crippen LogP contribution in [0.5, 0.6) is 0 Å². The first kappa shape index (κ1) is 12.8. The highest BCUT2D eigenvalue weighted by atomic mass is 16.5. The molecule has 2 atom stereocenters. The monoisotopic (exact) mass is 192 g/mol. The van der Waals surface area contributed by atoms with Gasteiger partial charge in [0, 0.05) is 6.61 Å². The van der Waals surface area contributed by atoms with E-state index in [1.807, 2.05) is 0 Å². The fourth-order valence-electron chi connectivity index (χ4n) is 0.929. The van der Waals surface area contributed by atoms with Gasteiger partial charge in [-0.15, -0.1) is 0 Å². The van der Waals surface area contributed by atoms with E-state index in [9.17, 15) is 0 Å². The molecule has 0 aliphatic carbocycles. The van der Waals surface area contributed by atoms with Crippen LogP contribution < -0.4 is 0 Å². The van der Waals surface area contributed by atoms with Gasteiger partial charge in [0.1, 0.15) is 0 Å². The first-order valence-corrected chi connectivity index (χ1v) is 4.71. The maximum absolute atomic E-state index is 8.97. The number of unbranched alkanes of at least 4 members (excludes halogenated alkanes) is 1. The van der Waals surface area contributed by atoms with Crippen molar-refractivity contribution in [3.8, 4) is 0 Å². The van der Waals surface area contributed by atoms with Crippen LogP contribution in [0, 0.1) is 0 Å². The molecule has 0 aromatic heterocycles. The number of rotatable bonds is 8. The van der Waals surface area contributed by atoms with Gasteiger partial charge in [0.25, 0.3) is 0 Å². The predicted molar refractivity (Wildman–Crippen MR) is 49.4 cm³/mol. The van der Waals surface area contributed by atoms with Gasteiger partial charge in [-0.2, -0.15) is 0 Å². The summed E-state index contributed by atoms with van der Waals surface area (Å²) in [6, 6.07) is 0. The Bertz CT molecular complexity index is 106. The third-order valence-corrected chi connectivity index (χ3v) is 1.65. The Labute approximate surface area is 79.2 Å². The Morgan fingerprint density at radius 3 is 2.46 bits per heavy atom. The van der Waals surface area contributed by atoms with Crippen molar-refractivity contribution < 1.29 is 20.1 Å². The third kappa shape index (κ3) is 9.76. The van der Waals surface area contributed by atoms with Crippen LogP contribution in [0.25, 0.3) is 0 Å². The van der Waals surface area contributed by atoms with Crippen LogP contribution in [0.15, 0.2) is 0 Å². The molecule has 4 nitrogen and oxygen atoms in total. The minimum Gasteiger partial charge on any atom is -0.394 e. The van der Waals surface area contributed by atoms with Gasteiger partial charge >= 0.3 is 0 Å². The Hall–Kier alpha value is -0.160. The molecule has 2 unspecified atom stereocenters. The molecule has 0 aliphatic heterocycles. The Morgan fingerprint density at radius 2 is 1.92 bits per heavy atom. The SMILES string of the molecule is CC(O)COCCCCC(O)CO. The number of aliphatic hydroxyl groups excluding tert-OH is 3. The fraction of sp³-hybridized carbons (Fsp3) is 1.00. The Kier molecular flexibility index (Phi) is 8.33. The molecule has 13 heavy (non-hydrogen) atoms. The van der Waals surface area contributed by atoms with Crippen molar-refractivity contribution in [3.05, 3.63) is 0 Å². The molecule has 0 radical (unpaired) electrons. The van der Waals surface area contributed by atoms with Crippen LogP contribution in [0.4, 0.5) is 0 Å². The average Bonchev–Trinajstić information content (AvgIpc) is 2.10. The molecule has 0 saturated heterocycles. The van der Waals surface area contributed by atoms with Crippen molar-refractivity contribution in [1.29, 1.82) is 0 Å². The van der Waals surface area contributed by atoms with E-state index in [2.05, 4.69) is 0 Å². The summed E-state index contributed by atoms with van der Waals surface area (Å²) < 4.78 is 5.12. The molecular weight excluding hydrogens is 172 g/mol. The van der Waals surface area contributed by atoms with Gasteiger partial charge in [0.15, 0.2) is 0 Å². The Balaban J connectivity index is 2.99. The lowest BCUT2D eigenvalue weighted by molar-refractivity contribution is 0.0412. The van der Waals surface area contributed by atoms with Gasteiger partial charge in [-0.05, 0) is 26.2 Å². The van der Waals surface area contributed by atoms with E-state index in [0.29, 0.717) is 19.6 Å². The van der Waals surface area contributed by atoms with Gasteiger partial charge in [-0.3, -0.25) is 0 Å². The first-order chi connectivity index (χ1) is 6.16. The van der Waals surface area contributed by atoms with Crippen LogP contribution in [-0.2, 0) is 4.74 Å². The van der Waals surface area contributed by atoms with Crippen molar-refractivity contribution in [1.82, 2.24) is 0 Å². The molecule has 0 spiro atoms. The van der Waals surface area contributed by atoms with Crippen molar-refractivity contribution in [2.24, 2.45) is 0 Å². The van der Waals surface area contributed by atoms with Gasteiger partial charge in [-0.25, -0.2) is 0 Å². The lowest BCUT2D eigenvalue weighted by Gasteiger charge is -2.07. The van der Waals surface area contributed by atoms with Crippen molar-refractivity contribution in [3.63, 3.8) is 0 Å². The highest BCUT2D eigenvalue weighted by Gasteiger charge is 2.01. The van der Waals surface area contributed by atoms with E-state index in [1.165, 1.54) is 0 Å². The molecule has 0 bridgehead atoms. The molecule has 0 aromatic rings. The van der Waals surface area contributed by atoms with Crippen molar-refractivity contribution >= 4 is 0 Å². The summed E-state index contributed by atoms with van der Waals surface area (Å²) in [5, 5.41) is 26.3. The van der Waals surface area contributed by atoms with Crippen molar-refractivity contribution in [2.75, 3.05) is 19.8 Å². The molecular formula is C9H20O4. The van der Waals surface area contributed by atoms with E-state index >= 15 is 0 Å². The predicted octanol–water partition coefficient (Wildman–Crippen LogP) is -0.0927. The lowest BCUT2D eigenvalue weighted by atomic mass is 10.2. The average molecular weight is 192 g/mol. The number of hydrogen-bond donors (Lipinski definition) is 3. The summed E-state index contributed by atoms with van der Waals surface area (Å²) in [4.78, 5) is 0. The zero-order chi connectivity index (χ0) is 10.1. The quantitative estimate of drug-likeness (QED) is 0.470. The lowest BCUT2D eigenvalue weighted by Crippen LogP contribution is -2.13. The maximum Gasteiger partial charge on any atom is 0.0771 e. The molecule has 80 valence electrons.